The summed E-state index contributed by atoms with van der Waals surface area (Å²) in [5, 5.41) is 10.7. The zero-order valence-corrected chi connectivity index (χ0v) is 11.6. The van der Waals surface area contributed by atoms with Gasteiger partial charge in [-0.2, -0.15) is 0 Å². The summed E-state index contributed by atoms with van der Waals surface area (Å²) in [6.07, 6.45) is 4.94. The first-order chi connectivity index (χ1) is 9.76. The highest BCUT2D eigenvalue weighted by Crippen LogP contribution is 2.41. The van der Waals surface area contributed by atoms with Crippen LogP contribution < -0.4 is 9.47 Å². The lowest BCUT2D eigenvalue weighted by Crippen LogP contribution is -2.09. The predicted octanol–water partition coefficient (Wildman–Crippen LogP) is 2.32. The van der Waals surface area contributed by atoms with E-state index in [9.17, 15) is 5.11 Å². The van der Waals surface area contributed by atoms with Gasteiger partial charge in [-0.3, -0.25) is 0 Å². The van der Waals surface area contributed by atoms with E-state index >= 15 is 0 Å². The van der Waals surface area contributed by atoms with Crippen LogP contribution in [0.25, 0.3) is 0 Å². The van der Waals surface area contributed by atoms with Gasteiger partial charge < -0.3 is 19.1 Å². The molecule has 0 amide bonds. The van der Waals surface area contributed by atoms with Crippen molar-refractivity contribution in [1.29, 1.82) is 0 Å². The van der Waals surface area contributed by atoms with E-state index in [0.29, 0.717) is 23.1 Å². The smallest absolute Gasteiger partial charge is 0.128 e. The first kappa shape index (κ1) is 13.0. The molecule has 1 unspecified atom stereocenters. The minimum absolute atomic E-state index is 0.461. The summed E-state index contributed by atoms with van der Waals surface area (Å²) in [6.45, 7) is 0. The quantitative estimate of drug-likeness (QED) is 0.909. The van der Waals surface area contributed by atoms with E-state index in [0.717, 1.165) is 18.5 Å². The summed E-state index contributed by atoms with van der Waals surface area (Å²) < 4.78 is 12.7. The number of methoxy groups -OCH3 is 2. The molecule has 5 nitrogen and oxygen atoms in total. The zero-order chi connectivity index (χ0) is 14.1. The Morgan fingerprint density at radius 3 is 2.45 bits per heavy atom. The second kappa shape index (κ2) is 5.17. The summed E-state index contributed by atoms with van der Waals surface area (Å²) in [7, 11) is 3.17. The highest BCUT2D eigenvalue weighted by Gasteiger charge is 2.30. The molecule has 0 saturated heterocycles. The van der Waals surface area contributed by atoms with Gasteiger partial charge in [0, 0.05) is 6.04 Å². The van der Waals surface area contributed by atoms with Crippen molar-refractivity contribution in [2.75, 3.05) is 14.2 Å². The SMILES string of the molecule is COc1cccc(OC)c1C(O)c1cncn1C1CC1. The molecule has 1 saturated carbocycles. The number of hydrogen-bond acceptors (Lipinski definition) is 4. The average Bonchev–Trinajstić information content (AvgIpc) is 3.22. The largest absolute Gasteiger partial charge is 0.496 e. The fourth-order valence-corrected chi connectivity index (χ4v) is 2.48. The first-order valence-corrected chi connectivity index (χ1v) is 6.67. The second-order valence-electron chi connectivity index (χ2n) is 4.94. The summed E-state index contributed by atoms with van der Waals surface area (Å²) in [5.74, 6) is 1.22. The Morgan fingerprint density at radius 2 is 1.90 bits per heavy atom. The van der Waals surface area contributed by atoms with E-state index in [2.05, 4.69) is 4.98 Å². The van der Waals surface area contributed by atoms with Gasteiger partial charge in [0.05, 0.1) is 38.0 Å². The molecule has 0 aliphatic heterocycles. The van der Waals surface area contributed by atoms with Crippen molar-refractivity contribution in [3.05, 3.63) is 42.0 Å². The third-order valence-corrected chi connectivity index (χ3v) is 3.66. The van der Waals surface area contributed by atoms with E-state index in [1.54, 1.807) is 26.7 Å². The van der Waals surface area contributed by atoms with Gasteiger partial charge in [0.25, 0.3) is 0 Å². The molecule has 1 aliphatic rings. The molecular weight excluding hydrogens is 256 g/mol. The maximum Gasteiger partial charge on any atom is 0.128 e. The van der Waals surface area contributed by atoms with Crippen molar-refractivity contribution < 1.29 is 14.6 Å². The molecular formula is C15H18N2O3. The van der Waals surface area contributed by atoms with Crippen molar-refractivity contribution in [3.63, 3.8) is 0 Å². The molecule has 2 aromatic rings. The lowest BCUT2D eigenvalue weighted by Gasteiger charge is -2.19. The molecule has 1 aromatic carbocycles. The number of hydrogen-bond donors (Lipinski definition) is 1. The van der Waals surface area contributed by atoms with Crippen LogP contribution in [0.15, 0.2) is 30.7 Å². The summed E-state index contributed by atoms with van der Waals surface area (Å²) >= 11 is 0. The van der Waals surface area contributed by atoms with Gasteiger partial charge in [-0.15, -0.1) is 0 Å². The number of ether oxygens (including phenoxy) is 2. The van der Waals surface area contributed by atoms with E-state index in [4.69, 9.17) is 9.47 Å². The third-order valence-electron chi connectivity index (χ3n) is 3.66. The molecule has 0 radical (unpaired) electrons. The lowest BCUT2D eigenvalue weighted by atomic mass is 10.0. The van der Waals surface area contributed by atoms with Crippen molar-refractivity contribution >= 4 is 0 Å². The number of benzene rings is 1. The Balaban J connectivity index is 2.05. The van der Waals surface area contributed by atoms with Crippen molar-refractivity contribution in [2.24, 2.45) is 0 Å². The van der Waals surface area contributed by atoms with Gasteiger partial charge in [-0.25, -0.2) is 4.98 Å². The van der Waals surface area contributed by atoms with Crippen LogP contribution in [0, 0.1) is 0 Å². The van der Waals surface area contributed by atoms with E-state index in [-0.39, 0.29) is 0 Å². The molecule has 5 heteroatoms. The first-order valence-electron chi connectivity index (χ1n) is 6.67. The number of aromatic nitrogens is 2. The van der Waals surface area contributed by atoms with Gasteiger partial charge >= 0.3 is 0 Å². The number of aliphatic hydroxyl groups excluding tert-OH is 1. The maximum atomic E-state index is 10.7. The Morgan fingerprint density at radius 1 is 1.25 bits per heavy atom. The Labute approximate surface area is 117 Å². The maximum absolute atomic E-state index is 10.7. The van der Waals surface area contributed by atoms with Crippen LogP contribution in [0.2, 0.25) is 0 Å². The molecule has 1 N–H and O–H groups in total. The minimum Gasteiger partial charge on any atom is -0.496 e. The van der Waals surface area contributed by atoms with Gasteiger partial charge in [0.2, 0.25) is 0 Å². The van der Waals surface area contributed by atoms with E-state index in [1.165, 1.54) is 0 Å². The number of rotatable bonds is 5. The van der Waals surface area contributed by atoms with E-state index in [1.807, 2.05) is 22.8 Å². The fraction of sp³-hybridized carbons (Fsp3) is 0.400. The van der Waals surface area contributed by atoms with Crippen LogP contribution in [-0.2, 0) is 0 Å². The van der Waals surface area contributed by atoms with Crippen molar-refractivity contribution in [2.45, 2.75) is 25.0 Å². The monoisotopic (exact) mass is 274 g/mol. The molecule has 3 rings (SSSR count). The third kappa shape index (κ3) is 2.14. The Hall–Kier alpha value is -2.01. The van der Waals surface area contributed by atoms with E-state index < -0.39 is 6.10 Å². The summed E-state index contributed by atoms with van der Waals surface area (Å²) in [5.41, 5.74) is 1.41. The Kier molecular flexibility index (Phi) is 3.36. The fourth-order valence-electron chi connectivity index (χ4n) is 2.48. The second-order valence-corrected chi connectivity index (χ2v) is 4.94. The molecule has 1 aliphatic carbocycles. The minimum atomic E-state index is -0.816. The zero-order valence-electron chi connectivity index (χ0n) is 11.6. The Bertz CT molecular complexity index is 583. The highest BCUT2D eigenvalue weighted by molar-refractivity contribution is 5.48. The molecule has 1 fully saturated rings. The standard InChI is InChI=1S/C15H18N2O3/c1-19-12-4-3-5-13(20-2)14(12)15(18)11-8-16-9-17(11)10-6-7-10/h3-5,8-10,15,18H,6-7H2,1-2H3. The molecule has 1 heterocycles. The van der Waals surface area contributed by atoms with Crippen LogP contribution >= 0.6 is 0 Å². The molecule has 1 aromatic heterocycles. The average molecular weight is 274 g/mol. The molecule has 20 heavy (non-hydrogen) atoms. The number of nitrogens with zero attached hydrogens (tertiary/aromatic N) is 2. The summed E-state index contributed by atoms with van der Waals surface area (Å²) in [4.78, 5) is 4.16. The van der Waals surface area contributed by atoms with Crippen LogP contribution in [0.4, 0.5) is 0 Å². The molecule has 106 valence electrons. The number of aliphatic hydroxyl groups is 1. The lowest BCUT2D eigenvalue weighted by molar-refractivity contribution is 0.199. The van der Waals surface area contributed by atoms with Gasteiger partial charge in [0.15, 0.2) is 0 Å². The normalized spacial score (nSPS) is 15.9. The van der Waals surface area contributed by atoms with Gasteiger partial charge in [-0.1, -0.05) is 6.07 Å². The number of imidazole rings is 1. The highest BCUT2D eigenvalue weighted by atomic mass is 16.5. The molecule has 0 bridgehead atoms. The van der Waals surface area contributed by atoms with Crippen LogP contribution in [0.5, 0.6) is 11.5 Å². The van der Waals surface area contributed by atoms with Gasteiger partial charge in [0.1, 0.15) is 17.6 Å². The van der Waals surface area contributed by atoms with Crippen LogP contribution in [-0.4, -0.2) is 28.9 Å². The van der Waals surface area contributed by atoms with Crippen molar-refractivity contribution in [3.8, 4) is 11.5 Å². The predicted molar refractivity (Wildman–Crippen MR) is 74.1 cm³/mol. The topological polar surface area (TPSA) is 56.5 Å². The van der Waals surface area contributed by atoms with Gasteiger partial charge in [-0.05, 0) is 25.0 Å². The summed E-state index contributed by atoms with van der Waals surface area (Å²) in [6, 6.07) is 5.94. The molecule has 1 atom stereocenters. The molecule has 0 spiro atoms. The van der Waals surface area contributed by atoms with Crippen LogP contribution in [0.3, 0.4) is 0 Å². The van der Waals surface area contributed by atoms with Crippen LogP contribution in [0.1, 0.15) is 36.2 Å². The van der Waals surface area contributed by atoms with Crippen molar-refractivity contribution in [1.82, 2.24) is 9.55 Å².